The smallest absolute Gasteiger partial charge is 0.0645 e. The van der Waals surface area contributed by atoms with Crippen molar-refractivity contribution in [1.29, 1.82) is 0 Å². The van der Waals surface area contributed by atoms with Crippen LogP contribution in [0.1, 0.15) is 12.3 Å². The summed E-state index contributed by atoms with van der Waals surface area (Å²) < 4.78 is 79.2. The Balaban J connectivity index is 1.23. The molecule has 0 amide bonds. The Kier molecular flexibility index (Phi) is 6.36. The summed E-state index contributed by atoms with van der Waals surface area (Å²) in [4.78, 5) is 1.69. The Morgan fingerprint density at radius 2 is 0.774 bits per heavy atom. The summed E-state index contributed by atoms with van der Waals surface area (Å²) in [6.45, 7) is 0. The maximum Gasteiger partial charge on any atom is 0.0645 e. The van der Waals surface area contributed by atoms with Gasteiger partial charge >= 0.3 is 0 Å². The molecule has 0 saturated carbocycles. The molecule has 53 heavy (non-hydrogen) atoms. The standard InChI is InChI=1S/C52H37N/c1-4-13-38(14-5-1)42-25-29-50(30-26-42)53(52-22-12-21-45(37-52)46-24-23-41-19-10-11-20-44(41)33-46)51-31-27-43(28-32-51)49-35-47(39-15-6-2-7-16-39)34-48(36-49)40-17-8-3-9-18-40/h1-37H/i1D,4D,5D,13D,14D,25D,26D,29D,30D. The fraction of sp³-hybridized carbons (Fsp3) is 0. The average Bonchev–Trinajstić information content (AvgIpc) is 3.32. The molecule has 0 bridgehead atoms. The van der Waals surface area contributed by atoms with Gasteiger partial charge in [-0.05, 0) is 127 Å². The lowest BCUT2D eigenvalue weighted by Crippen LogP contribution is -2.10. The van der Waals surface area contributed by atoms with E-state index < -0.39 is 54.4 Å². The van der Waals surface area contributed by atoms with Gasteiger partial charge in [0.15, 0.2) is 0 Å². The molecule has 0 heterocycles. The summed E-state index contributed by atoms with van der Waals surface area (Å²) in [5.41, 5.74) is 8.30. The first kappa shape index (κ1) is 23.5. The number of hydrogen-bond acceptors (Lipinski definition) is 1. The van der Waals surface area contributed by atoms with Gasteiger partial charge in [0.2, 0.25) is 0 Å². The van der Waals surface area contributed by atoms with Gasteiger partial charge in [0.05, 0.1) is 12.3 Å². The lowest BCUT2D eigenvalue weighted by molar-refractivity contribution is 1.28. The third-order valence-corrected chi connectivity index (χ3v) is 9.38. The van der Waals surface area contributed by atoms with Crippen molar-refractivity contribution in [1.82, 2.24) is 0 Å². The van der Waals surface area contributed by atoms with Crippen molar-refractivity contribution in [3.05, 3.63) is 224 Å². The van der Waals surface area contributed by atoms with E-state index in [1.54, 1.807) is 4.90 Å². The molecule has 0 unspecified atom stereocenters. The Morgan fingerprint density at radius 1 is 0.264 bits per heavy atom. The summed E-state index contributed by atoms with van der Waals surface area (Å²) in [5, 5.41) is 2.17. The van der Waals surface area contributed by atoms with Crippen LogP contribution in [0.4, 0.5) is 17.1 Å². The zero-order chi connectivity index (χ0) is 43.2. The van der Waals surface area contributed by atoms with E-state index in [0.717, 1.165) is 55.3 Å². The molecule has 0 radical (unpaired) electrons. The average molecular weight is 685 g/mol. The molecule has 0 saturated heterocycles. The molecule has 1 nitrogen and oxygen atoms in total. The number of anilines is 3. The molecule has 250 valence electrons. The minimum absolute atomic E-state index is 0.0584. The molecule has 0 aliphatic carbocycles. The minimum Gasteiger partial charge on any atom is -0.310 e. The zero-order valence-corrected chi connectivity index (χ0v) is 28.6. The number of fused-ring (bicyclic) bond motifs is 1. The van der Waals surface area contributed by atoms with E-state index in [2.05, 4.69) is 66.7 Å². The van der Waals surface area contributed by atoms with Crippen molar-refractivity contribution in [2.24, 2.45) is 0 Å². The molecule has 9 aromatic rings. The van der Waals surface area contributed by atoms with Gasteiger partial charge in [0, 0.05) is 17.1 Å². The molecule has 0 atom stereocenters. The number of nitrogens with zero attached hydrogens (tertiary/aromatic N) is 1. The van der Waals surface area contributed by atoms with E-state index in [-0.39, 0.29) is 16.8 Å². The van der Waals surface area contributed by atoms with E-state index in [9.17, 15) is 5.48 Å². The second-order valence-corrected chi connectivity index (χ2v) is 12.7. The van der Waals surface area contributed by atoms with Crippen LogP contribution in [0.15, 0.2) is 224 Å². The Hall–Kier alpha value is -6.96. The van der Waals surface area contributed by atoms with Crippen LogP contribution in [0.5, 0.6) is 0 Å². The van der Waals surface area contributed by atoms with Gasteiger partial charge in [-0.2, -0.15) is 0 Å². The number of benzene rings is 9. The summed E-state index contributed by atoms with van der Waals surface area (Å²) in [7, 11) is 0. The molecule has 1 heteroatoms. The summed E-state index contributed by atoms with van der Waals surface area (Å²) in [5.74, 6) is 0. The van der Waals surface area contributed by atoms with Gasteiger partial charge in [-0.1, -0.05) is 164 Å². The lowest BCUT2D eigenvalue weighted by atomic mass is 9.93. The SMILES string of the molecule is [2H]c1c([2H])c([2H])c(-c2c([2H])c([2H])c(N(c3ccc(-c4cc(-c5ccccc5)cc(-c5ccccc5)c4)cc3)c3cccc(-c4ccc5ccccc5c4)c3)c([2H])c2[2H])c([2H])c1[2H]. The van der Waals surface area contributed by atoms with Crippen LogP contribution >= 0.6 is 0 Å². The molecule has 0 N–H and O–H groups in total. The molecular formula is C52H37N. The normalized spacial score (nSPS) is 13.4. The van der Waals surface area contributed by atoms with Crippen LogP contribution in [0.2, 0.25) is 0 Å². The van der Waals surface area contributed by atoms with Crippen molar-refractivity contribution in [2.75, 3.05) is 4.90 Å². The Labute approximate surface area is 324 Å². The molecular weight excluding hydrogens is 639 g/mol. The summed E-state index contributed by atoms with van der Waals surface area (Å²) in [6.07, 6.45) is 0. The quantitative estimate of drug-likeness (QED) is 0.154. The van der Waals surface area contributed by atoms with Gasteiger partial charge in [0.1, 0.15) is 0 Å². The van der Waals surface area contributed by atoms with Crippen LogP contribution in [0, 0.1) is 0 Å². The zero-order valence-electron chi connectivity index (χ0n) is 37.6. The van der Waals surface area contributed by atoms with Crippen LogP contribution in [0.3, 0.4) is 0 Å². The molecule has 0 aliphatic rings. The maximum absolute atomic E-state index is 9.45. The fourth-order valence-corrected chi connectivity index (χ4v) is 6.71. The molecule has 0 aliphatic heterocycles. The van der Waals surface area contributed by atoms with Crippen molar-refractivity contribution in [3.63, 3.8) is 0 Å². The first-order valence-corrected chi connectivity index (χ1v) is 17.4. The molecule has 0 fully saturated rings. The van der Waals surface area contributed by atoms with E-state index in [1.165, 1.54) is 0 Å². The monoisotopic (exact) mass is 684 g/mol. The first-order valence-electron chi connectivity index (χ1n) is 21.9. The predicted molar refractivity (Wildman–Crippen MR) is 226 cm³/mol. The summed E-state index contributed by atoms with van der Waals surface area (Å²) in [6, 6.07) is 51.6. The predicted octanol–water partition coefficient (Wildman–Crippen LogP) is 14.6. The van der Waals surface area contributed by atoms with Gasteiger partial charge in [-0.3, -0.25) is 0 Å². The molecule has 0 aromatic heterocycles. The Morgan fingerprint density at radius 3 is 1.42 bits per heavy atom. The second kappa shape index (κ2) is 14.3. The van der Waals surface area contributed by atoms with Crippen LogP contribution in [0.25, 0.3) is 66.4 Å². The van der Waals surface area contributed by atoms with Crippen molar-refractivity contribution >= 4 is 27.8 Å². The van der Waals surface area contributed by atoms with Crippen molar-refractivity contribution < 1.29 is 12.3 Å². The fourth-order valence-electron chi connectivity index (χ4n) is 6.71. The van der Waals surface area contributed by atoms with Crippen LogP contribution < -0.4 is 4.90 Å². The van der Waals surface area contributed by atoms with Gasteiger partial charge in [-0.15, -0.1) is 0 Å². The van der Waals surface area contributed by atoms with E-state index in [4.69, 9.17) is 6.85 Å². The van der Waals surface area contributed by atoms with E-state index >= 15 is 0 Å². The Bertz CT molecular complexity index is 3050. The van der Waals surface area contributed by atoms with Crippen LogP contribution in [-0.2, 0) is 0 Å². The third kappa shape index (κ3) is 6.77. The van der Waals surface area contributed by atoms with E-state index in [0.29, 0.717) is 11.4 Å². The topological polar surface area (TPSA) is 3.24 Å². The first-order chi connectivity index (χ1) is 30.0. The van der Waals surface area contributed by atoms with Gasteiger partial charge in [0.25, 0.3) is 0 Å². The molecule has 0 spiro atoms. The van der Waals surface area contributed by atoms with Crippen LogP contribution in [-0.4, -0.2) is 0 Å². The van der Waals surface area contributed by atoms with E-state index in [1.807, 2.05) is 103 Å². The highest BCUT2D eigenvalue weighted by Gasteiger charge is 2.15. The maximum atomic E-state index is 9.45. The highest BCUT2D eigenvalue weighted by atomic mass is 15.1. The highest BCUT2D eigenvalue weighted by Crippen LogP contribution is 2.40. The van der Waals surface area contributed by atoms with Crippen molar-refractivity contribution in [3.8, 4) is 55.6 Å². The number of hydrogen-bond donors (Lipinski definition) is 0. The second-order valence-electron chi connectivity index (χ2n) is 12.7. The van der Waals surface area contributed by atoms with Gasteiger partial charge in [-0.25, -0.2) is 0 Å². The van der Waals surface area contributed by atoms with Gasteiger partial charge < -0.3 is 4.90 Å². The largest absolute Gasteiger partial charge is 0.310 e. The highest BCUT2D eigenvalue weighted by molar-refractivity contribution is 5.89. The molecule has 9 aromatic carbocycles. The lowest BCUT2D eigenvalue weighted by Gasteiger charge is -2.26. The third-order valence-electron chi connectivity index (χ3n) is 9.38. The van der Waals surface area contributed by atoms with Crippen molar-refractivity contribution in [2.45, 2.75) is 0 Å². The summed E-state index contributed by atoms with van der Waals surface area (Å²) >= 11 is 0. The number of rotatable bonds is 8. The minimum atomic E-state index is -0.626. The molecule has 9 rings (SSSR count).